The van der Waals surface area contributed by atoms with Crippen LogP contribution in [0.3, 0.4) is 0 Å². The van der Waals surface area contributed by atoms with Crippen LogP contribution in [0.2, 0.25) is 5.02 Å². The number of halogens is 1. The zero-order valence-electron chi connectivity index (χ0n) is 13.5. The van der Waals surface area contributed by atoms with E-state index in [4.69, 9.17) is 16.3 Å². The van der Waals surface area contributed by atoms with Crippen molar-refractivity contribution in [1.29, 1.82) is 0 Å². The second-order valence-corrected chi connectivity index (χ2v) is 6.39. The molecule has 0 radical (unpaired) electrons. The third-order valence-corrected chi connectivity index (χ3v) is 4.69. The van der Waals surface area contributed by atoms with Crippen molar-refractivity contribution in [2.75, 3.05) is 12.4 Å². The number of methoxy groups -OCH3 is 1. The van der Waals surface area contributed by atoms with Crippen molar-refractivity contribution < 1.29 is 14.3 Å². The van der Waals surface area contributed by atoms with Gasteiger partial charge in [0.15, 0.2) is 0 Å². The van der Waals surface area contributed by atoms with Gasteiger partial charge in [0.25, 0.3) is 0 Å². The van der Waals surface area contributed by atoms with Crippen molar-refractivity contribution in [3.63, 3.8) is 0 Å². The molecule has 24 heavy (non-hydrogen) atoms. The van der Waals surface area contributed by atoms with Crippen LogP contribution in [-0.2, 0) is 9.53 Å². The highest BCUT2D eigenvalue weighted by Gasteiger charge is 2.44. The summed E-state index contributed by atoms with van der Waals surface area (Å²) in [6.45, 7) is 1.88. The van der Waals surface area contributed by atoms with E-state index in [-0.39, 0.29) is 17.7 Å². The molecule has 5 heteroatoms. The second kappa shape index (κ2) is 6.65. The molecule has 0 spiro atoms. The van der Waals surface area contributed by atoms with E-state index in [2.05, 4.69) is 5.32 Å². The molecule has 0 bridgehead atoms. The first-order chi connectivity index (χ1) is 11.5. The predicted molar refractivity (Wildman–Crippen MR) is 93.4 cm³/mol. The molecule has 2 aromatic carbocycles. The number of rotatable bonds is 4. The van der Waals surface area contributed by atoms with Gasteiger partial charge in [0.2, 0.25) is 5.91 Å². The van der Waals surface area contributed by atoms with Crippen LogP contribution in [0.15, 0.2) is 42.5 Å². The van der Waals surface area contributed by atoms with E-state index in [1.807, 2.05) is 31.2 Å². The van der Waals surface area contributed by atoms with Crippen molar-refractivity contribution in [3.05, 3.63) is 64.2 Å². The van der Waals surface area contributed by atoms with E-state index in [0.29, 0.717) is 16.3 Å². The van der Waals surface area contributed by atoms with Crippen LogP contribution in [-0.4, -0.2) is 19.0 Å². The molecule has 2 aromatic rings. The lowest BCUT2D eigenvalue weighted by Crippen LogP contribution is -2.16. The summed E-state index contributed by atoms with van der Waals surface area (Å²) in [6.07, 6.45) is 0.783. The molecule has 2 atom stereocenters. The first-order valence-electron chi connectivity index (χ1n) is 7.75. The first-order valence-corrected chi connectivity index (χ1v) is 8.13. The van der Waals surface area contributed by atoms with Gasteiger partial charge in [-0.3, -0.25) is 4.79 Å². The monoisotopic (exact) mass is 343 g/mol. The van der Waals surface area contributed by atoms with Crippen LogP contribution in [0.5, 0.6) is 0 Å². The Morgan fingerprint density at radius 2 is 1.96 bits per heavy atom. The number of carbonyl (C=O) groups excluding carboxylic acids is 2. The molecule has 1 amide bonds. The Hall–Kier alpha value is -2.33. The second-order valence-electron chi connectivity index (χ2n) is 5.98. The fourth-order valence-corrected chi connectivity index (χ4v) is 3.11. The summed E-state index contributed by atoms with van der Waals surface area (Å²) >= 11 is 6.20. The van der Waals surface area contributed by atoms with Gasteiger partial charge in [-0.05, 0) is 48.6 Å². The topological polar surface area (TPSA) is 55.4 Å². The fourth-order valence-electron chi connectivity index (χ4n) is 2.83. The molecule has 0 aliphatic heterocycles. The highest BCUT2D eigenvalue weighted by molar-refractivity contribution is 6.31. The third-order valence-electron chi connectivity index (χ3n) is 4.35. The zero-order valence-corrected chi connectivity index (χ0v) is 14.3. The van der Waals surface area contributed by atoms with Crippen LogP contribution in [0.1, 0.15) is 33.8 Å². The molecular weight excluding hydrogens is 326 g/mol. The number of ether oxygens (including phenoxy) is 1. The molecule has 2 unspecified atom stereocenters. The molecule has 1 aliphatic rings. The van der Waals surface area contributed by atoms with Crippen LogP contribution < -0.4 is 5.32 Å². The lowest BCUT2D eigenvalue weighted by Gasteiger charge is -2.10. The minimum Gasteiger partial charge on any atom is -0.465 e. The standard InChI is InChI=1S/C19H18ClNO3/c1-11-7-8-12(19(23)24-2)9-17(11)21-18(22)15-10-14(15)13-5-3-4-6-16(13)20/h3-9,14-15H,10H2,1-2H3,(H,21,22). The van der Waals surface area contributed by atoms with E-state index < -0.39 is 5.97 Å². The minimum absolute atomic E-state index is 0.0509. The van der Waals surface area contributed by atoms with Gasteiger partial charge in [-0.15, -0.1) is 0 Å². The smallest absolute Gasteiger partial charge is 0.337 e. The molecule has 3 rings (SSSR count). The van der Waals surface area contributed by atoms with Gasteiger partial charge in [-0.2, -0.15) is 0 Å². The fraction of sp³-hybridized carbons (Fsp3) is 0.263. The number of nitrogens with one attached hydrogen (secondary N) is 1. The Kier molecular flexibility index (Phi) is 4.58. The maximum absolute atomic E-state index is 12.5. The SMILES string of the molecule is COC(=O)c1ccc(C)c(NC(=O)C2CC2c2ccccc2Cl)c1. The zero-order chi connectivity index (χ0) is 17.3. The first kappa shape index (κ1) is 16.5. The number of esters is 1. The number of hydrogen-bond donors (Lipinski definition) is 1. The van der Waals surface area contributed by atoms with Gasteiger partial charge < -0.3 is 10.1 Å². The van der Waals surface area contributed by atoms with Gasteiger partial charge in [0.1, 0.15) is 0 Å². The summed E-state index contributed by atoms with van der Waals surface area (Å²) in [5.41, 5.74) is 2.95. The average molecular weight is 344 g/mol. The summed E-state index contributed by atoms with van der Waals surface area (Å²) in [4.78, 5) is 24.1. The van der Waals surface area contributed by atoms with Gasteiger partial charge in [-0.1, -0.05) is 35.9 Å². The van der Waals surface area contributed by atoms with Crippen molar-refractivity contribution in [2.45, 2.75) is 19.3 Å². The predicted octanol–water partition coefficient (Wildman–Crippen LogP) is 4.18. The third kappa shape index (κ3) is 3.29. The highest BCUT2D eigenvalue weighted by Crippen LogP contribution is 2.50. The van der Waals surface area contributed by atoms with E-state index in [1.165, 1.54) is 7.11 Å². The van der Waals surface area contributed by atoms with Crippen LogP contribution in [0, 0.1) is 12.8 Å². The Bertz CT molecular complexity index is 803. The highest BCUT2D eigenvalue weighted by atomic mass is 35.5. The average Bonchev–Trinajstić information content (AvgIpc) is 3.37. The largest absolute Gasteiger partial charge is 0.465 e. The van der Waals surface area contributed by atoms with E-state index >= 15 is 0 Å². The Labute approximate surface area is 145 Å². The Morgan fingerprint density at radius 3 is 2.67 bits per heavy atom. The summed E-state index contributed by atoms with van der Waals surface area (Å²) in [6, 6.07) is 12.7. The van der Waals surface area contributed by atoms with Crippen LogP contribution in [0.25, 0.3) is 0 Å². The number of anilines is 1. The maximum Gasteiger partial charge on any atom is 0.337 e. The molecular formula is C19H18ClNO3. The van der Waals surface area contributed by atoms with Crippen molar-refractivity contribution in [2.24, 2.45) is 5.92 Å². The molecule has 0 heterocycles. The number of aryl methyl sites for hydroxylation is 1. The summed E-state index contributed by atoms with van der Waals surface area (Å²) < 4.78 is 4.72. The van der Waals surface area contributed by atoms with Crippen molar-refractivity contribution in [1.82, 2.24) is 0 Å². The Balaban J connectivity index is 1.72. The van der Waals surface area contributed by atoms with Gasteiger partial charge in [-0.25, -0.2) is 4.79 Å². The van der Waals surface area contributed by atoms with Crippen LogP contribution >= 0.6 is 11.6 Å². The van der Waals surface area contributed by atoms with E-state index in [1.54, 1.807) is 18.2 Å². The molecule has 4 nitrogen and oxygen atoms in total. The summed E-state index contributed by atoms with van der Waals surface area (Å²) in [7, 11) is 1.33. The van der Waals surface area contributed by atoms with Gasteiger partial charge >= 0.3 is 5.97 Å². The van der Waals surface area contributed by atoms with Crippen LogP contribution in [0.4, 0.5) is 5.69 Å². The molecule has 1 N–H and O–H groups in total. The maximum atomic E-state index is 12.5. The van der Waals surface area contributed by atoms with E-state index in [0.717, 1.165) is 17.5 Å². The summed E-state index contributed by atoms with van der Waals surface area (Å²) in [5, 5.41) is 3.62. The molecule has 0 saturated heterocycles. The number of hydrogen-bond acceptors (Lipinski definition) is 3. The minimum atomic E-state index is -0.425. The molecule has 1 saturated carbocycles. The molecule has 1 fully saturated rings. The molecule has 1 aliphatic carbocycles. The van der Waals surface area contributed by atoms with Gasteiger partial charge in [0, 0.05) is 16.6 Å². The quantitative estimate of drug-likeness (QED) is 0.847. The molecule has 124 valence electrons. The number of amides is 1. The van der Waals surface area contributed by atoms with Gasteiger partial charge in [0.05, 0.1) is 12.7 Å². The van der Waals surface area contributed by atoms with Crippen molar-refractivity contribution in [3.8, 4) is 0 Å². The normalized spacial score (nSPS) is 18.8. The number of benzene rings is 2. The van der Waals surface area contributed by atoms with E-state index in [9.17, 15) is 9.59 Å². The number of carbonyl (C=O) groups is 2. The summed E-state index contributed by atoms with van der Waals surface area (Å²) in [5.74, 6) is -0.412. The van der Waals surface area contributed by atoms with Crippen molar-refractivity contribution >= 4 is 29.2 Å². The Morgan fingerprint density at radius 1 is 1.21 bits per heavy atom. The lowest BCUT2D eigenvalue weighted by molar-refractivity contribution is -0.117. The molecule has 0 aromatic heterocycles. The lowest BCUT2D eigenvalue weighted by atomic mass is 10.1.